The zero-order valence-corrected chi connectivity index (χ0v) is 21.1. The summed E-state index contributed by atoms with van der Waals surface area (Å²) in [5, 5.41) is 19.0. The predicted octanol–water partition coefficient (Wildman–Crippen LogP) is 3.73. The molecule has 1 heterocycles. The van der Waals surface area contributed by atoms with Gasteiger partial charge in [0, 0.05) is 30.5 Å². The van der Waals surface area contributed by atoms with E-state index in [-0.39, 0.29) is 35.6 Å². The van der Waals surface area contributed by atoms with E-state index in [9.17, 15) is 24.6 Å². The third-order valence-corrected chi connectivity index (χ3v) is 6.30. The molecular formula is C27H40N2O5. The van der Waals surface area contributed by atoms with Crippen LogP contribution in [0.2, 0.25) is 0 Å². The van der Waals surface area contributed by atoms with Crippen LogP contribution in [0.5, 0.6) is 0 Å². The first kappa shape index (κ1) is 27.7. The number of amides is 2. The Balaban J connectivity index is 0.000000497. The van der Waals surface area contributed by atoms with Gasteiger partial charge in [-0.1, -0.05) is 50.9 Å². The van der Waals surface area contributed by atoms with E-state index in [2.05, 4.69) is 18.8 Å². The summed E-state index contributed by atoms with van der Waals surface area (Å²) in [6, 6.07) is 0. The number of likely N-dealkylation sites (tertiary alicyclic amines) is 1. The molecule has 0 aromatic carbocycles. The second-order valence-corrected chi connectivity index (χ2v) is 10.6. The zero-order valence-electron chi connectivity index (χ0n) is 21.1. The van der Waals surface area contributed by atoms with Crippen molar-refractivity contribution in [1.29, 1.82) is 0 Å². The molecule has 1 saturated carbocycles. The Bertz CT molecular complexity index is 858. The largest absolute Gasteiger partial charge is 0.478 e. The molecule has 2 N–H and O–H groups in total. The summed E-state index contributed by atoms with van der Waals surface area (Å²) in [6.07, 6.45) is 10.2. The summed E-state index contributed by atoms with van der Waals surface area (Å²) >= 11 is 0. The minimum Gasteiger partial charge on any atom is -0.478 e. The number of carbonyl (C=O) groups is 3. The molecule has 2 amide bonds. The van der Waals surface area contributed by atoms with Crippen LogP contribution in [0.3, 0.4) is 0 Å². The van der Waals surface area contributed by atoms with Crippen LogP contribution >= 0.6 is 0 Å². The van der Waals surface area contributed by atoms with Gasteiger partial charge in [-0.25, -0.2) is 4.79 Å². The normalized spacial score (nSPS) is 19.4. The quantitative estimate of drug-likeness (QED) is 0.469. The van der Waals surface area contributed by atoms with Crippen LogP contribution in [0.4, 0.5) is 0 Å². The molecule has 0 spiro atoms. The SMILES string of the molecule is CC(C)(C)C#CC1=CC(N(C=O)CC(=O)N2CCC(O)CC2)=C(C(=O)O)C1.CC1CCCCC1. The van der Waals surface area contributed by atoms with Gasteiger partial charge in [-0.2, -0.15) is 0 Å². The molecule has 3 rings (SSSR count). The lowest BCUT2D eigenvalue weighted by atomic mass is 9.91. The number of carboxylic acid groups (broad SMARTS) is 1. The number of piperidine rings is 1. The Hall–Kier alpha value is -2.59. The topological polar surface area (TPSA) is 98.2 Å². The monoisotopic (exact) mass is 472 g/mol. The van der Waals surface area contributed by atoms with Gasteiger partial charge in [-0.05, 0) is 45.6 Å². The maximum atomic E-state index is 12.5. The molecule has 0 aromatic rings. The minimum atomic E-state index is -1.13. The molecule has 1 saturated heterocycles. The molecule has 188 valence electrons. The Kier molecular flexibility index (Phi) is 10.4. The number of rotatable bonds is 5. The summed E-state index contributed by atoms with van der Waals surface area (Å²) in [5.74, 6) is 5.67. The smallest absolute Gasteiger partial charge is 0.334 e. The number of aliphatic carboxylic acids is 1. The molecule has 7 heteroatoms. The van der Waals surface area contributed by atoms with Gasteiger partial charge in [-0.3, -0.25) is 9.59 Å². The Morgan fingerprint density at radius 3 is 2.24 bits per heavy atom. The number of aliphatic hydroxyl groups excluding tert-OH is 1. The number of hydrogen-bond donors (Lipinski definition) is 2. The molecule has 2 aliphatic carbocycles. The molecule has 2 fully saturated rings. The third kappa shape index (κ3) is 8.98. The van der Waals surface area contributed by atoms with E-state index in [0.717, 1.165) is 10.8 Å². The molecular weight excluding hydrogens is 432 g/mol. The lowest BCUT2D eigenvalue weighted by Crippen LogP contribution is -2.44. The molecule has 0 atom stereocenters. The van der Waals surface area contributed by atoms with Crippen LogP contribution in [0.25, 0.3) is 0 Å². The highest BCUT2D eigenvalue weighted by Crippen LogP contribution is 2.28. The van der Waals surface area contributed by atoms with E-state index in [4.69, 9.17) is 0 Å². The van der Waals surface area contributed by atoms with Gasteiger partial charge < -0.3 is 20.0 Å². The van der Waals surface area contributed by atoms with Gasteiger partial charge in [0.25, 0.3) is 0 Å². The number of allylic oxidation sites excluding steroid dienone is 2. The second kappa shape index (κ2) is 12.8. The van der Waals surface area contributed by atoms with Crippen molar-refractivity contribution in [3.05, 3.63) is 22.9 Å². The first-order chi connectivity index (χ1) is 16.0. The van der Waals surface area contributed by atoms with Crippen LogP contribution in [0, 0.1) is 23.2 Å². The highest BCUT2D eigenvalue weighted by Gasteiger charge is 2.28. The average Bonchev–Trinajstić information content (AvgIpc) is 3.21. The molecule has 0 radical (unpaired) electrons. The summed E-state index contributed by atoms with van der Waals surface area (Å²) < 4.78 is 0. The first-order valence-corrected chi connectivity index (χ1v) is 12.4. The van der Waals surface area contributed by atoms with Crippen molar-refractivity contribution in [2.24, 2.45) is 11.3 Å². The van der Waals surface area contributed by atoms with Gasteiger partial charge in [-0.15, -0.1) is 0 Å². The van der Waals surface area contributed by atoms with Crippen molar-refractivity contribution in [3.8, 4) is 11.8 Å². The number of carbonyl (C=O) groups excluding carboxylic acids is 2. The van der Waals surface area contributed by atoms with E-state index < -0.39 is 12.1 Å². The van der Waals surface area contributed by atoms with Crippen LogP contribution < -0.4 is 0 Å². The van der Waals surface area contributed by atoms with E-state index in [0.29, 0.717) is 37.9 Å². The van der Waals surface area contributed by atoms with Crippen molar-refractivity contribution >= 4 is 18.3 Å². The second-order valence-electron chi connectivity index (χ2n) is 10.6. The van der Waals surface area contributed by atoms with Crippen molar-refractivity contribution in [1.82, 2.24) is 9.80 Å². The maximum Gasteiger partial charge on any atom is 0.334 e. The molecule has 1 aliphatic heterocycles. The lowest BCUT2D eigenvalue weighted by Gasteiger charge is -2.31. The highest BCUT2D eigenvalue weighted by atomic mass is 16.4. The number of nitrogens with zero attached hydrogens (tertiary/aromatic N) is 2. The van der Waals surface area contributed by atoms with Crippen LogP contribution in [0.1, 0.15) is 79.1 Å². The van der Waals surface area contributed by atoms with E-state index in [1.165, 1.54) is 32.1 Å². The molecule has 0 aromatic heterocycles. The third-order valence-electron chi connectivity index (χ3n) is 6.30. The summed E-state index contributed by atoms with van der Waals surface area (Å²) in [7, 11) is 0. The maximum absolute atomic E-state index is 12.5. The summed E-state index contributed by atoms with van der Waals surface area (Å²) in [6.45, 7) is 8.84. The first-order valence-electron chi connectivity index (χ1n) is 12.4. The fourth-order valence-corrected chi connectivity index (χ4v) is 4.22. The fraction of sp³-hybridized carbons (Fsp3) is 0.667. The molecule has 0 bridgehead atoms. The van der Waals surface area contributed by atoms with Crippen LogP contribution in [-0.4, -0.2) is 64.0 Å². The fourth-order valence-electron chi connectivity index (χ4n) is 4.22. The van der Waals surface area contributed by atoms with Crippen molar-refractivity contribution < 1.29 is 24.6 Å². The van der Waals surface area contributed by atoms with Crippen LogP contribution in [0.15, 0.2) is 22.9 Å². The molecule has 3 aliphatic rings. The van der Waals surface area contributed by atoms with Gasteiger partial charge in [0.05, 0.1) is 17.4 Å². The van der Waals surface area contributed by atoms with E-state index >= 15 is 0 Å². The Morgan fingerprint density at radius 2 is 1.76 bits per heavy atom. The number of carboxylic acids is 1. The summed E-state index contributed by atoms with van der Waals surface area (Å²) in [5.41, 5.74) is 0.646. The van der Waals surface area contributed by atoms with Gasteiger partial charge in [0.1, 0.15) is 6.54 Å². The van der Waals surface area contributed by atoms with Gasteiger partial charge in [0.2, 0.25) is 12.3 Å². The molecule has 34 heavy (non-hydrogen) atoms. The van der Waals surface area contributed by atoms with Crippen molar-refractivity contribution in [3.63, 3.8) is 0 Å². The van der Waals surface area contributed by atoms with Crippen molar-refractivity contribution in [2.45, 2.75) is 85.2 Å². The predicted molar refractivity (Wildman–Crippen MR) is 131 cm³/mol. The standard InChI is InChI=1S/C20H26N2O5.C7H14/c1-20(2,3)7-4-14-10-16(19(26)27)17(11-14)22(13-23)12-18(25)21-8-5-15(24)6-9-21;1-7-5-3-2-4-6-7/h11,13,15,24H,5-6,8-10,12H2,1-3H3,(H,26,27);7H,2-6H2,1H3. The van der Waals surface area contributed by atoms with E-state index in [1.807, 2.05) is 20.8 Å². The average molecular weight is 473 g/mol. The molecule has 0 unspecified atom stereocenters. The Morgan fingerprint density at radius 1 is 1.15 bits per heavy atom. The van der Waals surface area contributed by atoms with E-state index in [1.54, 1.807) is 11.0 Å². The van der Waals surface area contributed by atoms with Crippen molar-refractivity contribution in [2.75, 3.05) is 19.6 Å². The highest BCUT2D eigenvalue weighted by molar-refractivity contribution is 5.91. The zero-order chi connectivity index (χ0) is 25.3. The van der Waals surface area contributed by atoms with Gasteiger partial charge in [0.15, 0.2) is 0 Å². The molecule has 7 nitrogen and oxygen atoms in total. The Labute approximate surface area is 203 Å². The number of hydrogen-bond acceptors (Lipinski definition) is 4. The van der Waals surface area contributed by atoms with Gasteiger partial charge >= 0.3 is 5.97 Å². The lowest BCUT2D eigenvalue weighted by molar-refractivity contribution is -0.137. The summed E-state index contributed by atoms with van der Waals surface area (Å²) in [4.78, 5) is 38.4. The van der Waals surface area contributed by atoms with Crippen LogP contribution in [-0.2, 0) is 14.4 Å². The minimum absolute atomic E-state index is 0.0576. The number of aliphatic hydroxyl groups is 1.